The zero-order valence-corrected chi connectivity index (χ0v) is 12.6. The van der Waals surface area contributed by atoms with Crippen molar-refractivity contribution in [3.8, 4) is 5.75 Å². The number of hydrogen-bond donors (Lipinski definition) is 2. The molecule has 21 heavy (non-hydrogen) atoms. The van der Waals surface area contributed by atoms with Crippen molar-refractivity contribution in [3.05, 3.63) is 29.8 Å². The highest BCUT2D eigenvalue weighted by atomic mass is 16.5. The number of ether oxygens (including phenoxy) is 1. The third-order valence-electron chi connectivity index (χ3n) is 3.02. The molecule has 0 aliphatic rings. The molecule has 0 aromatic heterocycles. The van der Waals surface area contributed by atoms with Crippen molar-refractivity contribution >= 4 is 11.9 Å². The zero-order chi connectivity index (χ0) is 15.7. The Morgan fingerprint density at radius 3 is 2.43 bits per heavy atom. The van der Waals surface area contributed by atoms with Crippen molar-refractivity contribution in [3.63, 3.8) is 0 Å². The number of rotatable bonds is 9. The van der Waals surface area contributed by atoms with Gasteiger partial charge in [0.15, 0.2) is 0 Å². The molecule has 0 spiro atoms. The molecule has 0 aliphatic carbocycles. The number of nitrogens with one attached hydrogen (secondary N) is 1. The van der Waals surface area contributed by atoms with Gasteiger partial charge in [-0.15, -0.1) is 0 Å². The fourth-order valence-electron chi connectivity index (χ4n) is 1.77. The molecule has 0 fully saturated rings. The Bertz CT molecular complexity index is 454. The lowest BCUT2D eigenvalue weighted by molar-refractivity contribution is -0.136. The molecule has 1 rings (SSSR count). The number of amides is 1. The summed E-state index contributed by atoms with van der Waals surface area (Å²) >= 11 is 0. The van der Waals surface area contributed by atoms with E-state index in [1.54, 1.807) is 0 Å². The number of carbonyl (C=O) groups excluding carboxylic acids is 1. The molecule has 0 saturated heterocycles. The molecule has 2 N–H and O–H groups in total. The molecule has 1 aromatic rings. The lowest BCUT2D eigenvalue weighted by Crippen LogP contribution is -2.26. The van der Waals surface area contributed by atoms with Gasteiger partial charge in [0.1, 0.15) is 5.75 Å². The second kappa shape index (κ2) is 9.00. The predicted octanol–water partition coefficient (Wildman–Crippen LogP) is 2.56. The quantitative estimate of drug-likeness (QED) is 0.686. The largest absolute Gasteiger partial charge is 0.494 e. The minimum Gasteiger partial charge on any atom is -0.494 e. The maximum absolute atomic E-state index is 11.4. The van der Waals surface area contributed by atoms with Gasteiger partial charge in [0.05, 0.1) is 13.0 Å². The van der Waals surface area contributed by atoms with Gasteiger partial charge in [-0.05, 0) is 30.0 Å². The summed E-state index contributed by atoms with van der Waals surface area (Å²) in [4.78, 5) is 21.7. The van der Waals surface area contributed by atoms with Crippen LogP contribution in [0.25, 0.3) is 0 Å². The maximum atomic E-state index is 11.4. The molecular formula is C16H23NO4. The predicted molar refractivity (Wildman–Crippen MR) is 80.5 cm³/mol. The fraction of sp³-hybridized carbons (Fsp3) is 0.500. The van der Waals surface area contributed by atoms with Gasteiger partial charge < -0.3 is 15.2 Å². The molecule has 5 nitrogen and oxygen atoms in total. The molecule has 1 amide bonds. The Morgan fingerprint density at radius 1 is 1.19 bits per heavy atom. The van der Waals surface area contributed by atoms with Crippen LogP contribution in [0.15, 0.2) is 24.3 Å². The number of hydrogen-bond acceptors (Lipinski definition) is 3. The molecule has 5 heteroatoms. The van der Waals surface area contributed by atoms with Gasteiger partial charge in [-0.2, -0.15) is 0 Å². The first-order valence-electron chi connectivity index (χ1n) is 7.20. The lowest BCUT2D eigenvalue weighted by Gasteiger charge is -2.09. The molecule has 0 saturated carbocycles. The van der Waals surface area contributed by atoms with E-state index in [1.165, 1.54) is 5.56 Å². The van der Waals surface area contributed by atoms with Gasteiger partial charge in [0.25, 0.3) is 0 Å². The monoisotopic (exact) mass is 293 g/mol. The summed E-state index contributed by atoms with van der Waals surface area (Å²) < 4.78 is 5.56. The van der Waals surface area contributed by atoms with Crippen LogP contribution in [0.5, 0.6) is 5.75 Å². The summed E-state index contributed by atoms with van der Waals surface area (Å²) in [5.74, 6) is 0.234. The van der Waals surface area contributed by atoms with Crippen molar-refractivity contribution in [2.45, 2.75) is 39.0 Å². The summed E-state index contributed by atoms with van der Waals surface area (Å²) in [5.41, 5.74) is 1.26. The van der Waals surface area contributed by atoms with Crippen LogP contribution in [0.3, 0.4) is 0 Å². The average Bonchev–Trinajstić information content (AvgIpc) is 2.43. The first-order valence-corrected chi connectivity index (χ1v) is 7.20. The molecule has 116 valence electrons. The summed E-state index contributed by atoms with van der Waals surface area (Å²) in [6, 6.07) is 7.95. The second-order valence-electron chi connectivity index (χ2n) is 5.17. The molecule has 0 aliphatic heterocycles. The van der Waals surface area contributed by atoms with Crippen LogP contribution < -0.4 is 10.1 Å². The second-order valence-corrected chi connectivity index (χ2v) is 5.17. The highest BCUT2D eigenvalue weighted by Gasteiger charge is 2.03. The number of aliphatic carboxylic acids is 1. The minimum atomic E-state index is -0.913. The van der Waals surface area contributed by atoms with E-state index in [1.807, 2.05) is 24.3 Å². The smallest absolute Gasteiger partial charge is 0.305 e. The standard InChI is InChI=1S/C16H23NO4/c1-12(2)13-5-7-14(8-6-13)21-11-3-4-15(18)17-10-9-16(19)20/h5-8,12H,3-4,9-11H2,1-2H3,(H,17,18)(H,19,20). The van der Waals surface area contributed by atoms with Crippen molar-refractivity contribution in [2.75, 3.05) is 13.2 Å². The van der Waals surface area contributed by atoms with Crippen LogP contribution in [0.2, 0.25) is 0 Å². The Labute approximate surface area is 125 Å². The highest BCUT2D eigenvalue weighted by molar-refractivity contribution is 5.76. The Balaban J connectivity index is 2.16. The Morgan fingerprint density at radius 2 is 1.86 bits per heavy atom. The molecule has 0 heterocycles. The Kier molecular flexibility index (Phi) is 7.29. The third kappa shape index (κ3) is 7.34. The summed E-state index contributed by atoms with van der Waals surface area (Å²) in [5, 5.41) is 11.0. The van der Waals surface area contributed by atoms with Gasteiger partial charge in [0, 0.05) is 13.0 Å². The van der Waals surface area contributed by atoms with E-state index in [-0.39, 0.29) is 18.9 Å². The van der Waals surface area contributed by atoms with Crippen LogP contribution in [-0.4, -0.2) is 30.1 Å². The van der Waals surface area contributed by atoms with Crippen LogP contribution in [-0.2, 0) is 9.59 Å². The Hall–Kier alpha value is -2.04. The highest BCUT2D eigenvalue weighted by Crippen LogP contribution is 2.18. The molecule has 1 aromatic carbocycles. The summed E-state index contributed by atoms with van der Waals surface area (Å²) in [6.07, 6.45) is 0.888. The summed E-state index contributed by atoms with van der Waals surface area (Å²) in [7, 11) is 0. The van der Waals surface area contributed by atoms with Crippen LogP contribution >= 0.6 is 0 Å². The van der Waals surface area contributed by atoms with E-state index < -0.39 is 5.97 Å². The van der Waals surface area contributed by atoms with Crippen molar-refractivity contribution < 1.29 is 19.4 Å². The van der Waals surface area contributed by atoms with Crippen molar-refractivity contribution in [2.24, 2.45) is 0 Å². The molecule has 0 unspecified atom stereocenters. The van der Waals surface area contributed by atoms with Gasteiger partial charge in [-0.1, -0.05) is 26.0 Å². The number of carboxylic acid groups (broad SMARTS) is 1. The zero-order valence-electron chi connectivity index (χ0n) is 12.6. The molecular weight excluding hydrogens is 270 g/mol. The topological polar surface area (TPSA) is 75.6 Å². The maximum Gasteiger partial charge on any atom is 0.305 e. The number of carboxylic acids is 1. The normalized spacial score (nSPS) is 10.4. The van der Waals surface area contributed by atoms with E-state index in [4.69, 9.17) is 9.84 Å². The average molecular weight is 293 g/mol. The van der Waals surface area contributed by atoms with Crippen LogP contribution in [0, 0.1) is 0 Å². The van der Waals surface area contributed by atoms with E-state index in [2.05, 4.69) is 19.2 Å². The fourth-order valence-corrected chi connectivity index (χ4v) is 1.77. The molecule has 0 bridgehead atoms. The van der Waals surface area contributed by atoms with E-state index >= 15 is 0 Å². The number of benzene rings is 1. The molecule has 0 radical (unpaired) electrons. The first kappa shape index (κ1) is 17.0. The van der Waals surface area contributed by atoms with Crippen molar-refractivity contribution in [1.29, 1.82) is 0 Å². The van der Waals surface area contributed by atoms with Gasteiger partial charge in [-0.3, -0.25) is 9.59 Å². The SMILES string of the molecule is CC(C)c1ccc(OCCCC(=O)NCCC(=O)O)cc1. The molecule has 0 atom stereocenters. The third-order valence-corrected chi connectivity index (χ3v) is 3.02. The lowest BCUT2D eigenvalue weighted by atomic mass is 10.0. The summed E-state index contributed by atoms with van der Waals surface area (Å²) in [6.45, 7) is 4.91. The van der Waals surface area contributed by atoms with Crippen LogP contribution in [0.4, 0.5) is 0 Å². The van der Waals surface area contributed by atoms with Crippen LogP contribution in [0.1, 0.15) is 44.6 Å². The van der Waals surface area contributed by atoms with Gasteiger partial charge in [0.2, 0.25) is 5.91 Å². The van der Waals surface area contributed by atoms with Crippen molar-refractivity contribution in [1.82, 2.24) is 5.32 Å². The van der Waals surface area contributed by atoms with E-state index in [0.717, 1.165) is 5.75 Å². The number of carbonyl (C=O) groups is 2. The van der Waals surface area contributed by atoms with Gasteiger partial charge in [-0.25, -0.2) is 0 Å². The minimum absolute atomic E-state index is 0.0512. The van der Waals surface area contributed by atoms with E-state index in [0.29, 0.717) is 25.4 Å². The van der Waals surface area contributed by atoms with Gasteiger partial charge >= 0.3 is 5.97 Å². The van der Waals surface area contributed by atoms with E-state index in [9.17, 15) is 9.59 Å². The first-order chi connectivity index (χ1) is 9.99.